The van der Waals surface area contributed by atoms with Crippen LogP contribution in [-0.4, -0.2) is 19.2 Å². The second kappa shape index (κ2) is 8.34. The van der Waals surface area contributed by atoms with Crippen molar-refractivity contribution in [1.82, 2.24) is 19.2 Å². The van der Waals surface area contributed by atoms with E-state index in [0.29, 0.717) is 22.3 Å². The molecule has 0 radical (unpaired) electrons. The van der Waals surface area contributed by atoms with E-state index >= 15 is 0 Å². The number of thiazole rings is 1. The van der Waals surface area contributed by atoms with Gasteiger partial charge in [0.1, 0.15) is 6.33 Å². The van der Waals surface area contributed by atoms with Gasteiger partial charge in [-0.05, 0) is 24.6 Å². The van der Waals surface area contributed by atoms with Crippen LogP contribution >= 0.6 is 23.3 Å². The molecule has 0 fully saturated rings. The Hall–Kier alpha value is -2.08. The third kappa shape index (κ3) is 5.50. The average Bonchev–Trinajstić information content (AvgIpc) is 3.28. The van der Waals surface area contributed by atoms with Gasteiger partial charge in [-0.3, -0.25) is 0 Å². The topological polar surface area (TPSA) is 43.6 Å². The molecule has 3 rings (SSSR count). The Morgan fingerprint density at radius 2 is 1.69 bits per heavy atom. The molecule has 0 bridgehead atoms. The summed E-state index contributed by atoms with van der Waals surface area (Å²) < 4.78 is 80.0. The molecule has 0 N–H and O–H groups in total. The number of alkyl halides is 6. The van der Waals surface area contributed by atoms with E-state index in [9.17, 15) is 26.3 Å². The first-order valence-corrected chi connectivity index (χ1v) is 10.1. The van der Waals surface area contributed by atoms with Gasteiger partial charge in [0.05, 0.1) is 16.8 Å². The number of benzene rings is 1. The fourth-order valence-electron chi connectivity index (χ4n) is 2.39. The highest BCUT2D eigenvalue weighted by Gasteiger charge is 2.37. The number of hydrogen-bond acceptors (Lipinski definition) is 5. The van der Waals surface area contributed by atoms with Crippen LogP contribution in [-0.2, 0) is 18.8 Å². The van der Waals surface area contributed by atoms with Crippen LogP contribution in [0.25, 0.3) is 11.3 Å². The highest BCUT2D eigenvalue weighted by molar-refractivity contribution is 7.99. The highest BCUT2D eigenvalue weighted by Crippen LogP contribution is 2.39. The molecule has 1 aromatic carbocycles. The van der Waals surface area contributed by atoms with Crippen LogP contribution in [0.1, 0.15) is 36.7 Å². The molecule has 0 amide bonds. The summed E-state index contributed by atoms with van der Waals surface area (Å²) in [5.41, 5.74) is -2.97. The van der Waals surface area contributed by atoms with Crippen molar-refractivity contribution >= 4 is 23.3 Å². The lowest BCUT2D eigenvalue weighted by molar-refractivity contribution is -0.143. The SMILES string of the molecule is CCCCc1ncn(Sc2nc(-c3cc(C(F)(F)F)cc(C(F)(F)F)c3)cs2)n1. The normalized spacial score (nSPS) is 12.5. The predicted molar refractivity (Wildman–Crippen MR) is 97.4 cm³/mol. The number of halogens is 6. The summed E-state index contributed by atoms with van der Waals surface area (Å²) in [6.45, 7) is 2.04. The Morgan fingerprint density at radius 1 is 1.03 bits per heavy atom. The van der Waals surface area contributed by atoms with Crippen LogP contribution in [0, 0.1) is 0 Å². The van der Waals surface area contributed by atoms with Gasteiger partial charge in [0.15, 0.2) is 10.2 Å². The molecule has 2 aromatic heterocycles. The van der Waals surface area contributed by atoms with Gasteiger partial charge < -0.3 is 0 Å². The lowest BCUT2D eigenvalue weighted by Gasteiger charge is -2.13. The van der Waals surface area contributed by atoms with Gasteiger partial charge in [0.2, 0.25) is 0 Å². The van der Waals surface area contributed by atoms with Crippen LogP contribution in [0.15, 0.2) is 34.2 Å². The number of nitrogens with zero attached hydrogens (tertiary/aromatic N) is 4. The van der Waals surface area contributed by atoms with E-state index in [4.69, 9.17) is 0 Å². The maximum atomic E-state index is 13.0. The van der Waals surface area contributed by atoms with Crippen molar-refractivity contribution in [2.75, 3.05) is 0 Å². The zero-order valence-electron chi connectivity index (χ0n) is 14.9. The fourth-order valence-corrected chi connectivity index (χ4v) is 4.02. The molecule has 12 heteroatoms. The van der Waals surface area contributed by atoms with Crippen LogP contribution in [0.3, 0.4) is 0 Å². The molecule has 0 atom stereocenters. The predicted octanol–water partition coefficient (Wildman–Crippen LogP) is 6.34. The maximum Gasteiger partial charge on any atom is 0.416 e. The molecule has 3 aromatic rings. The number of hydrogen-bond donors (Lipinski definition) is 0. The van der Waals surface area contributed by atoms with E-state index in [2.05, 4.69) is 15.1 Å². The maximum absolute atomic E-state index is 13.0. The zero-order valence-corrected chi connectivity index (χ0v) is 16.5. The summed E-state index contributed by atoms with van der Waals surface area (Å²) >= 11 is 2.18. The lowest BCUT2D eigenvalue weighted by atomic mass is 10.0. The molecule has 4 nitrogen and oxygen atoms in total. The van der Waals surface area contributed by atoms with Gasteiger partial charge in [-0.15, -0.1) is 16.4 Å². The molecule has 0 aliphatic carbocycles. The Labute approximate surface area is 170 Å². The molecule has 0 aliphatic rings. The summed E-state index contributed by atoms with van der Waals surface area (Å²) in [7, 11) is 0. The van der Waals surface area contributed by atoms with Crippen LogP contribution in [0.2, 0.25) is 0 Å². The minimum atomic E-state index is -4.90. The molecule has 0 aliphatic heterocycles. The van der Waals surface area contributed by atoms with E-state index in [1.165, 1.54) is 15.8 Å². The smallest absolute Gasteiger partial charge is 0.228 e. The third-order valence-corrected chi connectivity index (χ3v) is 5.57. The molecule has 2 heterocycles. The standard InChI is InChI=1S/C17H14F6N4S2/c1-2-3-4-14-24-9-27(26-14)29-15-25-13(8-28-15)10-5-11(16(18,19)20)7-12(6-10)17(21,22)23/h5-9H,2-4H2,1H3. The fraction of sp³-hybridized carbons (Fsp3) is 0.353. The monoisotopic (exact) mass is 452 g/mol. The molecule has 0 unspecified atom stereocenters. The van der Waals surface area contributed by atoms with E-state index in [1.807, 2.05) is 6.92 Å². The summed E-state index contributed by atoms with van der Waals surface area (Å²) in [5.74, 6) is 0.656. The molecule has 156 valence electrons. The molecular weight excluding hydrogens is 438 g/mol. The Kier molecular flexibility index (Phi) is 6.22. The molecule has 0 spiro atoms. The molecule has 0 saturated carbocycles. The summed E-state index contributed by atoms with van der Waals surface area (Å²) in [4.78, 5) is 8.30. The van der Waals surface area contributed by atoms with E-state index in [1.54, 1.807) is 0 Å². The van der Waals surface area contributed by atoms with Crippen molar-refractivity contribution in [3.63, 3.8) is 0 Å². The van der Waals surface area contributed by atoms with Crippen molar-refractivity contribution in [2.24, 2.45) is 0 Å². The minimum Gasteiger partial charge on any atom is -0.228 e. The van der Waals surface area contributed by atoms with Crippen LogP contribution < -0.4 is 0 Å². The van der Waals surface area contributed by atoms with Crippen molar-refractivity contribution in [2.45, 2.75) is 42.9 Å². The first kappa shape index (κ1) is 21.6. The van der Waals surface area contributed by atoms with E-state index in [0.717, 1.165) is 42.5 Å². The van der Waals surface area contributed by atoms with Crippen molar-refractivity contribution in [3.05, 3.63) is 46.9 Å². The van der Waals surface area contributed by atoms with E-state index < -0.39 is 23.5 Å². The third-order valence-electron chi connectivity index (χ3n) is 3.81. The summed E-state index contributed by atoms with van der Waals surface area (Å²) in [6, 6.07) is 1.42. The van der Waals surface area contributed by atoms with Gasteiger partial charge in [-0.1, -0.05) is 13.3 Å². The lowest BCUT2D eigenvalue weighted by Crippen LogP contribution is -2.11. The van der Waals surface area contributed by atoms with Gasteiger partial charge in [0, 0.05) is 29.3 Å². The molecule has 29 heavy (non-hydrogen) atoms. The summed E-state index contributed by atoms with van der Waals surface area (Å²) in [5, 5.41) is 5.67. The van der Waals surface area contributed by atoms with Crippen molar-refractivity contribution < 1.29 is 26.3 Å². The van der Waals surface area contributed by atoms with Gasteiger partial charge >= 0.3 is 12.4 Å². The van der Waals surface area contributed by atoms with Crippen LogP contribution in [0.4, 0.5) is 26.3 Å². The largest absolute Gasteiger partial charge is 0.416 e. The Balaban J connectivity index is 1.86. The first-order valence-electron chi connectivity index (χ1n) is 8.40. The first-order chi connectivity index (χ1) is 13.6. The Morgan fingerprint density at radius 3 is 2.28 bits per heavy atom. The highest BCUT2D eigenvalue weighted by atomic mass is 32.2. The van der Waals surface area contributed by atoms with Crippen molar-refractivity contribution in [3.8, 4) is 11.3 Å². The number of aromatic nitrogens is 4. The second-order valence-electron chi connectivity index (χ2n) is 6.05. The number of aryl methyl sites for hydroxylation is 1. The van der Waals surface area contributed by atoms with Gasteiger partial charge in [-0.2, -0.15) is 30.4 Å². The number of rotatable bonds is 6. The zero-order chi connectivity index (χ0) is 21.2. The number of unbranched alkanes of at least 4 members (excludes halogenated alkanes) is 1. The quantitative estimate of drug-likeness (QED) is 0.410. The Bertz CT molecular complexity index is 945. The molecular formula is C17H14F6N4S2. The summed E-state index contributed by atoms with van der Waals surface area (Å²) in [6.07, 6.45) is -5.67. The van der Waals surface area contributed by atoms with E-state index in [-0.39, 0.29) is 17.3 Å². The average molecular weight is 452 g/mol. The second-order valence-corrected chi connectivity index (χ2v) is 8.11. The van der Waals surface area contributed by atoms with Crippen molar-refractivity contribution in [1.29, 1.82) is 0 Å². The minimum absolute atomic E-state index is 0.0282. The van der Waals surface area contributed by atoms with Crippen LogP contribution in [0.5, 0.6) is 0 Å². The van der Waals surface area contributed by atoms with Gasteiger partial charge in [0.25, 0.3) is 0 Å². The van der Waals surface area contributed by atoms with Gasteiger partial charge in [-0.25, -0.2) is 9.97 Å². The molecule has 0 saturated heterocycles.